The van der Waals surface area contributed by atoms with Crippen LogP contribution in [-0.4, -0.2) is 26.1 Å². The lowest BCUT2D eigenvalue weighted by molar-refractivity contribution is -0.123. The molecule has 2 rings (SSSR count). The van der Waals surface area contributed by atoms with Crippen molar-refractivity contribution >= 4 is 5.91 Å². The van der Waals surface area contributed by atoms with Gasteiger partial charge in [0.05, 0.1) is 5.54 Å². The Labute approximate surface area is 105 Å². The molecule has 1 amide bonds. The Morgan fingerprint density at radius 2 is 2.06 bits per heavy atom. The summed E-state index contributed by atoms with van der Waals surface area (Å²) in [7, 11) is 0. The van der Waals surface area contributed by atoms with E-state index in [0.29, 0.717) is 0 Å². The summed E-state index contributed by atoms with van der Waals surface area (Å²) in [5.74, 6) is -0.129. The van der Waals surface area contributed by atoms with Gasteiger partial charge in [0.1, 0.15) is 12.9 Å². The van der Waals surface area contributed by atoms with E-state index >= 15 is 0 Å². The number of benzene rings is 1. The highest BCUT2D eigenvalue weighted by Crippen LogP contribution is 2.19. The van der Waals surface area contributed by atoms with Crippen molar-refractivity contribution < 1.29 is 4.79 Å². The predicted molar refractivity (Wildman–Crippen MR) is 65.4 cm³/mol. The molecule has 1 aromatic heterocycles. The summed E-state index contributed by atoms with van der Waals surface area (Å²) in [5.41, 5.74) is 0.627. The maximum Gasteiger partial charge on any atom is 0.242 e. The molecule has 0 atom stereocenters. The zero-order valence-electron chi connectivity index (χ0n) is 10.4. The zero-order valence-corrected chi connectivity index (χ0v) is 10.4. The first-order valence-corrected chi connectivity index (χ1v) is 5.65. The van der Waals surface area contributed by atoms with Crippen molar-refractivity contribution in [2.45, 2.75) is 25.9 Å². The van der Waals surface area contributed by atoms with Gasteiger partial charge in [0, 0.05) is 0 Å². The van der Waals surface area contributed by atoms with E-state index in [1.165, 1.54) is 11.0 Å². The van der Waals surface area contributed by atoms with E-state index in [2.05, 4.69) is 20.8 Å². The van der Waals surface area contributed by atoms with Crippen LogP contribution in [0.4, 0.5) is 0 Å². The van der Waals surface area contributed by atoms with Crippen molar-refractivity contribution in [3.8, 4) is 0 Å². The quantitative estimate of drug-likeness (QED) is 0.861. The number of carbonyl (C=O) groups excluding carboxylic acids is 1. The van der Waals surface area contributed by atoms with Crippen LogP contribution in [0.15, 0.2) is 36.7 Å². The van der Waals surface area contributed by atoms with E-state index in [-0.39, 0.29) is 12.5 Å². The van der Waals surface area contributed by atoms with E-state index < -0.39 is 5.54 Å². The predicted octanol–water partition coefficient (Wildman–Crippen LogP) is 0.725. The lowest BCUT2D eigenvalue weighted by atomic mass is 9.94. The van der Waals surface area contributed by atoms with Crippen LogP contribution >= 0.6 is 0 Å². The van der Waals surface area contributed by atoms with E-state index in [4.69, 9.17) is 0 Å². The van der Waals surface area contributed by atoms with Crippen LogP contribution in [0.1, 0.15) is 19.4 Å². The number of carbonyl (C=O) groups is 1. The summed E-state index contributed by atoms with van der Waals surface area (Å²) in [5, 5.41) is 13.6. The highest BCUT2D eigenvalue weighted by Gasteiger charge is 2.22. The fraction of sp³-hybridized carbons (Fsp3) is 0.333. The topological polar surface area (TPSA) is 72.7 Å². The van der Waals surface area contributed by atoms with Gasteiger partial charge in [-0.25, -0.2) is 4.68 Å². The van der Waals surface area contributed by atoms with Crippen molar-refractivity contribution in [1.29, 1.82) is 0 Å². The molecule has 0 spiro atoms. The average molecular weight is 245 g/mol. The molecule has 2 aromatic rings. The standard InChI is InChI=1S/C12H15N5O/c1-12(2,10-6-4-3-5-7-10)14-11(18)8-17-9-13-15-16-17/h3-7,9H,8H2,1-2H3,(H,14,18). The highest BCUT2D eigenvalue weighted by atomic mass is 16.2. The molecule has 6 heteroatoms. The minimum atomic E-state index is -0.424. The molecule has 0 unspecified atom stereocenters. The van der Waals surface area contributed by atoms with Gasteiger partial charge in [0.15, 0.2) is 0 Å². The number of rotatable bonds is 4. The van der Waals surface area contributed by atoms with Crippen LogP contribution < -0.4 is 5.32 Å². The molecule has 1 N–H and O–H groups in total. The minimum Gasteiger partial charge on any atom is -0.346 e. The van der Waals surface area contributed by atoms with Crippen molar-refractivity contribution in [3.63, 3.8) is 0 Å². The van der Waals surface area contributed by atoms with Crippen LogP contribution in [0.3, 0.4) is 0 Å². The Morgan fingerprint density at radius 1 is 1.33 bits per heavy atom. The molecule has 0 radical (unpaired) electrons. The van der Waals surface area contributed by atoms with Crippen LogP contribution in [0.25, 0.3) is 0 Å². The third-order valence-electron chi connectivity index (χ3n) is 2.64. The molecule has 94 valence electrons. The van der Waals surface area contributed by atoms with Gasteiger partial charge in [-0.05, 0) is 29.8 Å². The molecular formula is C12H15N5O. The van der Waals surface area contributed by atoms with Crippen LogP contribution in [0.5, 0.6) is 0 Å². The summed E-state index contributed by atoms with van der Waals surface area (Å²) in [6.07, 6.45) is 1.41. The highest BCUT2D eigenvalue weighted by molar-refractivity contribution is 5.76. The van der Waals surface area contributed by atoms with E-state index in [0.717, 1.165) is 5.56 Å². The van der Waals surface area contributed by atoms with Gasteiger partial charge in [0.2, 0.25) is 5.91 Å². The van der Waals surface area contributed by atoms with Crippen LogP contribution in [-0.2, 0) is 16.9 Å². The van der Waals surface area contributed by atoms with Crippen LogP contribution in [0.2, 0.25) is 0 Å². The first kappa shape index (κ1) is 12.2. The van der Waals surface area contributed by atoms with Gasteiger partial charge < -0.3 is 5.32 Å². The van der Waals surface area contributed by atoms with Gasteiger partial charge in [-0.3, -0.25) is 4.79 Å². The van der Waals surface area contributed by atoms with E-state index in [1.807, 2.05) is 44.2 Å². The fourth-order valence-electron chi connectivity index (χ4n) is 1.71. The van der Waals surface area contributed by atoms with Gasteiger partial charge in [-0.2, -0.15) is 0 Å². The van der Waals surface area contributed by atoms with Gasteiger partial charge in [0.25, 0.3) is 0 Å². The fourth-order valence-corrected chi connectivity index (χ4v) is 1.71. The molecule has 0 aliphatic rings. The van der Waals surface area contributed by atoms with Crippen molar-refractivity contribution in [2.75, 3.05) is 0 Å². The van der Waals surface area contributed by atoms with E-state index in [1.54, 1.807) is 0 Å². The van der Waals surface area contributed by atoms with Gasteiger partial charge >= 0.3 is 0 Å². The molecule has 1 heterocycles. The number of nitrogens with one attached hydrogen (secondary N) is 1. The normalized spacial score (nSPS) is 11.2. The van der Waals surface area contributed by atoms with Crippen molar-refractivity contribution in [1.82, 2.24) is 25.5 Å². The number of hydrogen-bond acceptors (Lipinski definition) is 4. The third-order valence-corrected chi connectivity index (χ3v) is 2.64. The number of tetrazole rings is 1. The molecule has 0 aliphatic carbocycles. The summed E-state index contributed by atoms with van der Waals surface area (Å²) in [6, 6.07) is 9.81. The molecule has 1 aromatic carbocycles. The Balaban J connectivity index is 2.02. The molecular weight excluding hydrogens is 230 g/mol. The third kappa shape index (κ3) is 2.91. The van der Waals surface area contributed by atoms with Crippen molar-refractivity contribution in [2.24, 2.45) is 0 Å². The Hall–Kier alpha value is -2.24. The lowest BCUT2D eigenvalue weighted by Crippen LogP contribution is -2.42. The molecule has 0 saturated heterocycles. The second kappa shape index (κ2) is 4.95. The summed E-state index contributed by atoms with van der Waals surface area (Å²) < 4.78 is 1.39. The Kier molecular flexibility index (Phi) is 3.36. The molecule has 0 saturated carbocycles. The van der Waals surface area contributed by atoms with Gasteiger partial charge in [-0.15, -0.1) is 5.10 Å². The Bertz CT molecular complexity index is 507. The SMILES string of the molecule is CC(C)(NC(=O)Cn1cnnn1)c1ccccc1. The van der Waals surface area contributed by atoms with Gasteiger partial charge in [-0.1, -0.05) is 30.3 Å². The zero-order chi connectivity index (χ0) is 13.0. The number of aromatic nitrogens is 4. The Morgan fingerprint density at radius 3 is 2.67 bits per heavy atom. The average Bonchev–Trinajstić information content (AvgIpc) is 2.82. The summed E-state index contributed by atoms with van der Waals surface area (Å²) >= 11 is 0. The smallest absolute Gasteiger partial charge is 0.242 e. The second-order valence-corrected chi connectivity index (χ2v) is 4.55. The van der Waals surface area contributed by atoms with Crippen molar-refractivity contribution in [3.05, 3.63) is 42.2 Å². The first-order chi connectivity index (χ1) is 8.58. The van der Waals surface area contributed by atoms with E-state index in [9.17, 15) is 4.79 Å². The monoisotopic (exact) mass is 245 g/mol. The summed E-state index contributed by atoms with van der Waals surface area (Å²) in [4.78, 5) is 11.9. The minimum absolute atomic E-state index is 0.114. The number of hydrogen-bond donors (Lipinski definition) is 1. The maximum absolute atomic E-state index is 11.9. The maximum atomic E-state index is 11.9. The molecule has 6 nitrogen and oxygen atoms in total. The largest absolute Gasteiger partial charge is 0.346 e. The summed E-state index contributed by atoms with van der Waals surface area (Å²) in [6.45, 7) is 4.03. The molecule has 0 aliphatic heterocycles. The molecule has 0 bridgehead atoms. The van der Waals surface area contributed by atoms with Crippen LogP contribution in [0, 0.1) is 0 Å². The molecule has 0 fully saturated rings. The number of amides is 1. The lowest BCUT2D eigenvalue weighted by Gasteiger charge is -2.26. The first-order valence-electron chi connectivity index (χ1n) is 5.65. The molecule has 18 heavy (non-hydrogen) atoms. The number of nitrogens with zero attached hydrogens (tertiary/aromatic N) is 4. The second-order valence-electron chi connectivity index (χ2n) is 4.55.